The zero-order valence-corrected chi connectivity index (χ0v) is 17.9. The SMILES string of the molecule is CC(C)(C)c1ccc([C@@]2(C)NC(=O)N(CC(=O)N3CCc4ccccc43)C2=O)cc1. The molecule has 1 fully saturated rings. The van der Waals surface area contributed by atoms with Crippen molar-refractivity contribution in [2.24, 2.45) is 0 Å². The van der Waals surface area contributed by atoms with Gasteiger partial charge in [-0.15, -0.1) is 0 Å². The van der Waals surface area contributed by atoms with Crippen LogP contribution in [0.3, 0.4) is 0 Å². The molecule has 156 valence electrons. The van der Waals surface area contributed by atoms with Crippen molar-refractivity contribution in [3.05, 3.63) is 65.2 Å². The Kier molecular flexibility index (Phi) is 4.68. The van der Waals surface area contributed by atoms with Gasteiger partial charge in [-0.05, 0) is 41.5 Å². The number of nitrogens with zero attached hydrogens (tertiary/aromatic N) is 2. The summed E-state index contributed by atoms with van der Waals surface area (Å²) in [5, 5.41) is 2.79. The zero-order valence-electron chi connectivity index (χ0n) is 17.9. The van der Waals surface area contributed by atoms with Crippen LogP contribution in [0, 0.1) is 0 Å². The molecule has 2 aromatic rings. The predicted octanol–water partition coefficient (Wildman–Crippen LogP) is 3.34. The molecule has 1 N–H and O–H groups in total. The van der Waals surface area contributed by atoms with E-state index in [0.717, 1.165) is 28.1 Å². The van der Waals surface area contributed by atoms with E-state index in [4.69, 9.17) is 0 Å². The number of imide groups is 1. The maximum Gasteiger partial charge on any atom is 0.325 e. The molecule has 0 saturated carbocycles. The Morgan fingerprint density at radius 3 is 2.40 bits per heavy atom. The number of fused-ring (bicyclic) bond motifs is 1. The molecule has 0 spiro atoms. The van der Waals surface area contributed by atoms with Gasteiger partial charge in [0.25, 0.3) is 5.91 Å². The molecule has 0 radical (unpaired) electrons. The Balaban J connectivity index is 1.53. The van der Waals surface area contributed by atoms with E-state index in [-0.39, 0.29) is 17.9 Å². The van der Waals surface area contributed by atoms with Crippen molar-refractivity contribution in [3.63, 3.8) is 0 Å². The molecule has 6 nitrogen and oxygen atoms in total. The lowest BCUT2D eigenvalue weighted by atomic mass is 9.84. The van der Waals surface area contributed by atoms with Gasteiger partial charge in [0, 0.05) is 12.2 Å². The fourth-order valence-corrected chi connectivity index (χ4v) is 4.16. The molecule has 1 saturated heterocycles. The number of amides is 4. The van der Waals surface area contributed by atoms with Crippen molar-refractivity contribution in [1.82, 2.24) is 10.2 Å². The van der Waals surface area contributed by atoms with Gasteiger partial charge in [-0.2, -0.15) is 0 Å². The third-order valence-electron chi connectivity index (χ3n) is 6.08. The Labute approximate surface area is 176 Å². The largest absolute Gasteiger partial charge is 0.325 e. The summed E-state index contributed by atoms with van der Waals surface area (Å²) in [5.41, 5.74) is 2.62. The first-order chi connectivity index (χ1) is 14.1. The highest BCUT2D eigenvalue weighted by Gasteiger charge is 2.50. The van der Waals surface area contributed by atoms with Crippen molar-refractivity contribution in [2.45, 2.75) is 45.1 Å². The van der Waals surface area contributed by atoms with Crippen molar-refractivity contribution in [1.29, 1.82) is 0 Å². The lowest BCUT2D eigenvalue weighted by molar-refractivity contribution is -0.134. The number of nitrogens with one attached hydrogen (secondary N) is 1. The third kappa shape index (κ3) is 3.26. The molecule has 0 aliphatic carbocycles. The molecule has 0 aromatic heterocycles. The van der Waals surface area contributed by atoms with Gasteiger partial charge in [0.15, 0.2) is 0 Å². The molecule has 2 aromatic carbocycles. The number of rotatable bonds is 3. The smallest absolute Gasteiger partial charge is 0.319 e. The molecule has 6 heteroatoms. The molecule has 4 rings (SSSR count). The fourth-order valence-electron chi connectivity index (χ4n) is 4.16. The molecule has 2 aliphatic heterocycles. The molecule has 30 heavy (non-hydrogen) atoms. The highest BCUT2D eigenvalue weighted by atomic mass is 16.2. The number of para-hydroxylation sites is 1. The van der Waals surface area contributed by atoms with E-state index >= 15 is 0 Å². The normalized spacial score (nSPS) is 21.1. The van der Waals surface area contributed by atoms with Gasteiger partial charge in [0.05, 0.1) is 0 Å². The van der Waals surface area contributed by atoms with Crippen molar-refractivity contribution < 1.29 is 14.4 Å². The first-order valence-electron chi connectivity index (χ1n) is 10.2. The van der Waals surface area contributed by atoms with Gasteiger partial charge < -0.3 is 10.2 Å². The van der Waals surface area contributed by atoms with Crippen molar-refractivity contribution >= 4 is 23.5 Å². The second-order valence-electron chi connectivity index (χ2n) is 9.20. The minimum atomic E-state index is -1.18. The number of benzene rings is 2. The summed E-state index contributed by atoms with van der Waals surface area (Å²) in [7, 11) is 0. The van der Waals surface area contributed by atoms with E-state index in [9.17, 15) is 14.4 Å². The van der Waals surface area contributed by atoms with Gasteiger partial charge in [-0.1, -0.05) is 63.2 Å². The Hall–Kier alpha value is -3.15. The number of carbonyl (C=O) groups is 3. The Morgan fingerprint density at radius 2 is 1.73 bits per heavy atom. The topological polar surface area (TPSA) is 69.7 Å². The monoisotopic (exact) mass is 405 g/mol. The van der Waals surface area contributed by atoms with Crippen LogP contribution in [0.15, 0.2) is 48.5 Å². The summed E-state index contributed by atoms with van der Waals surface area (Å²) in [4.78, 5) is 41.4. The number of hydrogen-bond acceptors (Lipinski definition) is 3. The summed E-state index contributed by atoms with van der Waals surface area (Å²) in [5.74, 6) is -0.660. The van der Waals surface area contributed by atoms with Crippen LogP contribution >= 0.6 is 0 Å². The maximum absolute atomic E-state index is 13.2. The lowest BCUT2D eigenvalue weighted by Crippen LogP contribution is -2.44. The van der Waals surface area contributed by atoms with Crippen LogP contribution < -0.4 is 10.2 Å². The van der Waals surface area contributed by atoms with Crippen LogP contribution in [0.1, 0.15) is 44.4 Å². The second kappa shape index (κ2) is 6.97. The first kappa shape index (κ1) is 20.1. The second-order valence-corrected chi connectivity index (χ2v) is 9.20. The van der Waals surface area contributed by atoms with E-state index in [1.807, 2.05) is 48.5 Å². The van der Waals surface area contributed by atoms with Crippen molar-refractivity contribution in [2.75, 3.05) is 18.0 Å². The summed E-state index contributed by atoms with van der Waals surface area (Å²) in [6.45, 7) is 8.35. The predicted molar refractivity (Wildman–Crippen MR) is 115 cm³/mol. The van der Waals surface area contributed by atoms with E-state index in [2.05, 4.69) is 26.1 Å². The number of hydrogen-bond donors (Lipinski definition) is 1. The van der Waals surface area contributed by atoms with Crippen molar-refractivity contribution in [3.8, 4) is 0 Å². The molecule has 1 atom stereocenters. The molecular formula is C24H27N3O3. The Bertz CT molecular complexity index is 1020. The van der Waals surface area contributed by atoms with Crippen LogP contribution in [-0.2, 0) is 27.0 Å². The molecule has 0 unspecified atom stereocenters. The van der Waals surface area contributed by atoms with Gasteiger partial charge >= 0.3 is 6.03 Å². The van der Waals surface area contributed by atoms with Gasteiger partial charge in [-0.25, -0.2) is 4.79 Å². The van der Waals surface area contributed by atoms with Gasteiger partial charge in [0.2, 0.25) is 5.91 Å². The minimum absolute atomic E-state index is 0.00710. The Morgan fingerprint density at radius 1 is 1.07 bits per heavy atom. The molecular weight excluding hydrogens is 378 g/mol. The maximum atomic E-state index is 13.2. The van der Waals surface area contributed by atoms with Crippen LogP contribution in [0.5, 0.6) is 0 Å². The zero-order chi connectivity index (χ0) is 21.7. The molecule has 2 heterocycles. The highest BCUT2D eigenvalue weighted by molar-refractivity contribution is 6.10. The van der Waals surface area contributed by atoms with Crippen LogP contribution in [0.4, 0.5) is 10.5 Å². The molecule has 2 aliphatic rings. The van der Waals surface area contributed by atoms with Crippen LogP contribution in [0.2, 0.25) is 0 Å². The van der Waals surface area contributed by atoms with E-state index in [1.54, 1.807) is 11.8 Å². The summed E-state index contributed by atoms with van der Waals surface area (Å²) >= 11 is 0. The van der Waals surface area contributed by atoms with Gasteiger partial charge in [-0.3, -0.25) is 14.5 Å². The van der Waals surface area contributed by atoms with Crippen LogP contribution in [-0.4, -0.2) is 35.8 Å². The van der Waals surface area contributed by atoms with Crippen LogP contribution in [0.25, 0.3) is 0 Å². The first-order valence-corrected chi connectivity index (χ1v) is 10.2. The number of urea groups is 1. The molecule has 0 bridgehead atoms. The minimum Gasteiger partial charge on any atom is -0.319 e. The summed E-state index contributed by atoms with van der Waals surface area (Å²) in [6, 6.07) is 14.9. The fraction of sp³-hybridized carbons (Fsp3) is 0.375. The lowest BCUT2D eigenvalue weighted by Gasteiger charge is -2.25. The number of carbonyl (C=O) groups excluding carboxylic acids is 3. The van der Waals surface area contributed by atoms with E-state index in [0.29, 0.717) is 12.1 Å². The van der Waals surface area contributed by atoms with E-state index in [1.165, 1.54) is 0 Å². The highest BCUT2D eigenvalue weighted by Crippen LogP contribution is 2.32. The summed E-state index contributed by atoms with van der Waals surface area (Å²) < 4.78 is 0. The third-order valence-corrected chi connectivity index (χ3v) is 6.08. The van der Waals surface area contributed by atoms with Gasteiger partial charge in [0.1, 0.15) is 12.1 Å². The average molecular weight is 405 g/mol. The standard InChI is InChI=1S/C24H27N3O3/c1-23(2,3)17-9-11-18(12-10-17)24(4)21(29)27(22(30)25-24)15-20(28)26-14-13-16-7-5-6-8-19(16)26/h5-12H,13-15H2,1-4H3,(H,25,30)/t24-/m1/s1. The number of anilines is 1. The molecule has 4 amide bonds. The van der Waals surface area contributed by atoms with E-state index < -0.39 is 17.5 Å². The summed E-state index contributed by atoms with van der Waals surface area (Å²) in [6.07, 6.45) is 0.778. The quantitative estimate of drug-likeness (QED) is 0.797. The average Bonchev–Trinajstić information content (AvgIpc) is 3.23.